The molecule has 0 spiro atoms. The van der Waals surface area contributed by atoms with Crippen molar-refractivity contribution in [2.45, 2.75) is 38.5 Å². The maximum Gasteiger partial charge on any atom is 0.321 e. The highest BCUT2D eigenvalue weighted by Crippen LogP contribution is 2.23. The predicted octanol–water partition coefficient (Wildman–Crippen LogP) is 3.30. The van der Waals surface area contributed by atoms with E-state index in [1.165, 1.54) is 31.4 Å². The molecule has 2 fully saturated rings. The molecule has 2 aliphatic heterocycles. The molecule has 5 heteroatoms. The number of piperidine rings is 1. The van der Waals surface area contributed by atoms with Crippen LogP contribution in [0.25, 0.3) is 0 Å². The van der Waals surface area contributed by atoms with E-state index in [0.717, 1.165) is 38.2 Å². The molecule has 2 saturated heterocycles. The summed E-state index contributed by atoms with van der Waals surface area (Å²) < 4.78 is 0. The second kappa shape index (κ2) is 8.38. The SMILES string of the molecule is O=C(Nc1cccc(N2CCCCCC2)c1)N1CCC[C@@H](CO)C1. The maximum absolute atomic E-state index is 12.5. The number of rotatable bonds is 3. The molecule has 132 valence electrons. The number of hydrogen-bond acceptors (Lipinski definition) is 3. The molecule has 3 rings (SSSR count). The predicted molar refractivity (Wildman–Crippen MR) is 97.5 cm³/mol. The minimum Gasteiger partial charge on any atom is -0.396 e. The maximum atomic E-state index is 12.5. The molecule has 1 aromatic rings. The number of nitrogens with one attached hydrogen (secondary N) is 1. The van der Waals surface area contributed by atoms with Gasteiger partial charge in [0.1, 0.15) is 0 Å². The number of likely N-dealkylation sites (tertiary alicyclic amines) is 1. The lowest BCUT2D eigenvalue weighted by atomic mass is 9.99. The lowest BCUT2D eigenvalue weighted by Crippen LogP contribution is -2.43. The minimum atomic E-state index is -0.0545. The molecule has 1 atom stereocenters. The third kappa shape index (κ3) is 4.41. The highest BCUT2D eigenvalue weighted by molar-refractivity contribution is 5.90. The molecule has 2 aliphatic rings. The van der Waals surface area contributed by atoms with E-state index >= 15 is 0 Å². The van der Waals surface area contributed by atoms with Gasteiger partial charge in [-0.25, -0.2) is 4.79 Å². The first-order chi connectivity index (χ1) is 11.8. The first kappa shape index (κ1) is 17.1. The lowest BCUT2D eigenvalue weighted by molar-refractivity contribution is 0.136. The number of benzene rings is 1. The average Bonchev–Trinajstić information content (AvgIpc) is 2.91. The van der Waals surface area contributed by atoms with Crippen LogP contribution in [0.2, 0.25) is 0 Å². The van der Waals surface area contributed by atoms with Crippen LogP contribution in [0, 0.1) is 5.92 Å². The van der Waals surface area contributed by atoms with Crippen molar-refractivity contribution in [1.29, 1.82) is 0 Å². The van der Waals surface area contributed by atoms with Crippen molar-refractivity contribution in [2.24, 2.45) is 5.92 Å². The summed E-state index contributed by atoms with van der Waals surface area (Å²) in [7, 11) is 0. The van der Waals surface area contributed by atoms with E-state index in [4.69, 9.17) is 0 Å². The molecule has 5 nitrogen and oxygen atoms in total. The highest BCUT2D eigenvalue weighted by Gasteiger charge is 2.23. The van der Waals surface area contributed by atoms with Crippen LogP contribution < -0.4 is 10.2 Å². The summed E-state index contributed by atoms with van der Waals surface area (Å²) in [5.41, 5.74) is 2.05. The van der Waals surface area contributed by atoms with Gasteiger partial charge in [0, 0.05) is 44.2 Å². The summed E-state index contributed by atoms with van der Waals surface area (Å²) in [5, 5.41) is 12.4. The number of carbonyl (C=O) groups excluding carboxylic acids is 1. The normalized spacial score (nSPS) is 22.1. The Kier molecular flexibility index (Phi) is 5.96. The zero-order chi connectivity index (χ0) is 16.8. The van der Waals surface area contributed by atoms with Crippen molar-refractivity contribution >= 4 is 17.4 Å². The van der Waals surface area contributed by atoms with Crippen molar-refractivity contribution in [1.82, 2.24) is 4.90 Å². The Morgan fingerprint density at radius 2 is 1.92 bits per heavy atom. The number of hydrogen-bond donors (Lipinski definition) is 2. The van der Waals surface area contributed by atoms with Gasteiger partial charge in [-0.1, -0.05) is 18.9 Å². The van der Waals surface area contributed by atoms with Gasteiger partial charge in [-0.15, -0.1) is 0 Å². The second-order valence-corrected chi connectivity index (χ2v) is 7.02. The van der Waals surface area contributed by atoms with Crippen LogP contribution in [-0.2, 0) is 0 Å². The van der Waals surface area contributed by atoms with Gasteiger partial charge in [0.25, 0.3) is 0 Å². The van der Waals surface area contributed by atoms with E-state index in [1.807, 2.05) is 17.0 Å². The van der Waals surface area contributed by atoms with Gasteiger partial charge in [0.05, 0.1) is 0 Å². The molecular formula is C19H29N3O2. The smallest absolute Gasteiger partial charge is 0.321 e. The van der Waals surface area contributed by atoms with Crippen molar-refractivity contribution < 1.29 is 9.90 Å². The summed E-state index contributed by atoms with van der Waals surface area (Å²) in [6.45, 7) is 3.78. The number of carbonyl (C=O) groups is 1. The third-order valence-corrected chi connectivity index (χ3v) is 5.13. The number of aliphatic hydroxyl groups excluding tert-OH is 1. The quantitative estimate of drug-likeness (QED) is 0.893. The summed E-state index contributed by atoms with van der Waals surface area (Å²) in [6, 6.07) is 8.12. The van der Waals surface area contributed by atoms with E-state index in [-0.39, 0.29) is 18.6 Å². The van der Waals surface area contributed by atoms with Crippen molar-refractivity contribution in [3.8, 4) is 0 Å². The van der Waals surface area contributed by atoms with E-state index in [9.17, 15) is 9.90 Å². The molecule has 0 unspecified atom stereocenters. The molecule has 2 heterocycles. The minimum absolute atomic E-state index is 0.0545. The Morgan fingerprint density at radius 3 is 2.67 bits per heavy atom. The van der Waals surface area contributed by atoms with E-state index < -0.39 is 0 Å². The number of amides is 2. The van der Waals surface area contributed by atoms with Gasteiger partial charge in [-0.2, -0.15) is 0 Å². The number of urea groups is 1. The zero-order valence-corrected chi connectivity index (χ0v) is 14.4. The Hall–Kier alpha value is -1.75. The Morgan fingerprint density at radius 1 is 1.12 bits per heavy atom. The fourth-order valence-corrected chi connectivity index (χ4v) is 3.71. The van der Waals surface area contributed by atoms with Crippen LogP contribution >= 0.6 is 0 Å². The number of anilines is 2. The van der Waals surface area contributed by atoms with Crippen LogP contribution in [0.1, 0.15) is 38.5 Å². The lowest BCUT2D eigenvalue weighted by Gasteiger charge is -2.32. The average molecular weight is 331 g/mol. The summed E-state index contributed by atoms with van der Waals surface area (Å²) >= 11 is 0. The van der Waals surface area contributed by atoms with Crippen LogP contribution in [0.5, 0.6) is 0 Å². The van der Waals surface area contributed by atoms with E-state index in [1.54, 1.807) is 0 Å². The van der Waals surface area contributed by atoms with E-state index in [0.29, 0.717) is 6.54 Å². The first-order valence-corrected chi connectivity index (χ1v) is 9.28. The largest absolute Gasteiger partial charge is 0.396 e. The molecule has 2 amide bonds. The summed E-state index contributed by atoms with van der Waals surface area (Å²) in [6.07, 6.45) is 7.08. The molecule has 0 aromatic heterocycles. The third-order valence-electron chi connectivity index (χ3n) is 5.13. The number of aliphatic hydroxyl groups is 1. The fraction of sp³-hybridized carbons (Fsp3) is 0.632. The van der Waals surface area contributed by atoms with Gasteiger partial charge in [0.15, 0.2) is 0 Å². The first-order valence-electron chi connectivity index (χ1n) is 9.28. The van der Waals surface area contributed by atoms with Gasteiger partial charge in [0.2, 0.25) is 0 Å². The molecule has 0 aliphatic carbocycles. The molecule has 0 radical (unpaired) electrons. The fourth-order valence-electron chi connectivity index (χ4n) is 3.71. The Bertz CT molecular complexity index is 541. The van der Waals surface area contributed by atoms with Gasteiger partial charge < -0.3 is 20.2 Å². The van der Waals surface area contributed by atoms with Crippen molar-refractivity contribution in [3.05, 3.63) is 24.3 Å². The molecule has 2 N–H and O–H groups in total. The highest BCUT2D eigenvalue weighted by atomic mass is 16.3. The van der Waals surface area contributed by atoms with E-state index in [2.05, 4.69) is 22.3 Å². The zero-order valence-electron chi connectivity index (χ0n) is 14.4. The molecule has 24 heavy (non-hydrogen) atoms. The topological polar surface area (TPSA) is 55.8 Å². The molecule has 0 bridgehead atoms. The second-order valence-electron chi connectivity index (χ2n) is 7.02. The summed E-state index contributed by atoms with van der Waals surface area (Å²) in [5.74, 6) is 0.216. The van der Waals surface area contributed by atoms with Crippen LogP contribution in [0.3, 0.4) is 0 Å². The van der Waals surface area contributed by atoms with Crippen molar-refractivity contribution in [2.75, 3.05) is 43.0 Å². The Labute approximate surface area is 144 Å². The monoisotopic (exact) mass is 331 g/mol. The standard InChI is InChI=1S/C19H29N3O2/c23-15-16-7-6-12-22(14-16)19(24)20-17-8-5-9-18(13-17)21-10-3-1-2-4-11-21/h5,8-9,13,16,23H,1-4,6-7,10-12,14-15H2,(H,20,24)/t16-/m1/s1. The van der Waals surface area contributed by atoms with Crippen LogP contribution in [-0.4, -0.2) is 48.8 Å². The molecule has 0 saturated carbocycles. The summed E-state index contributed by atoms with van der Waals surface area (Å²) in [4.78, 5) is 16.7. The van der Waals surface area contributed by atoms with Gasteiger partial charge in [-0.05, 0) is 49.8 Å². The van der Waals surface area contributed by atoms with Crippen LogP contribution in [0.15, 0.2) is 24.3 Å². The number of nitrogens with zero attached hydrogens (tertiary/aromatic N) is 2. The van der Waals surface area contributed by atoms with Gasteiger partial charge >= 0.3 is 6.03 Å². The Balaban J connectivity index is 1.62. The molecular weight excluding hydrogens is 302 g/mol. The van der Waals surface area contributed by atoms with Crippen molar-refractivity contribution in [3.63, 3.8) is 0 Å². The van der Waals surface area contributed by atoms with Crippen LogP contribution in [0.4, 0.5) is 16.2 Å². The molecule has 1 aromatic carbocycles. The van der Waals surface area contributed by atoms with Gasteiger partial charge in [-0.3, -0.25) is 0 Å².